The number of aromatic nitrogens is 2. The zero-order chi connectivity index (χ0) is 23.6. The van der Waals surface area contributed by atoms with Gasteiger partial charge in [-0.15, -0.1) is 11.3 Å². The summed E-state index contributed by atoms with van der Waals surface area (Å²) in [6.07, 6.45) is 2.71. The molecule has 1 aliphatic rings. The van der Waals surface area contributed by atoms with Gasteiger partial charge in [0.15, 0.2) is 0 Å². The van der Waals surface area contributed by atoms with Gasteiger partial charge >= 0.3 is 0 Å². The highest BCUT2D eigenvalue weighted by molar-refractivity contribution is 7.91. The number of piperidine rings is 1. The minimum Gasteiger partial charge on any atom is -0.339 e. The number of amides is 1. The van der Waals surface area contributed by atoms with E-state index in [-0.39, 0.29) is 16.7 Å². The van der Waals surface area contributed by atoms with Crippen LogP contribution in [0.5, 0.6) is 0 Å². The molecule has 8 nitrogen and oxygen atoms in total. The Kier molecular flexibility index (Phi) is 6.96. The maximum Gasteiger partial charge on any atom is 0.252 e. The molecule has 1 aromatic carbocycles. The van der Waals surface area contributed by atoms with Crippen molar-refractivity contribution in [3.05, 3.63) is 46.7 Å². The van der Waals surface area contributed by atoms with Crippen molar-refractivity contribution >= 4 is 33.0 Å². The lowest BCUT2D eigenvalue weighted by atomic mass is 9.98. The van der Waals surface area contributed by atoms with Crippen LogP contribution in [0.1, 0.15) is 43.7 Å². The second-order valence-corrected chi connectivity index (χ2v) is 11.2. The summed E-state index contributed by atoms with van der Waals surface area (Å²) < 4.78 is 33.4. The van der Waals surface area contributed by atoms with Gasteiger partial charge in [-0.05, 0) is 43.4 Å². The number of thiophene rings is 1. The maximum absolute atomic E-state index is 13.3. The van der Waals surface area contributed by atoms with Crippen molar-refractivity contribution in [2.75, 3.05) is 18.4 Å². The molecule has 1 saturated heterocycles. The quantitative estimate of drug-likeness (QED) is 0.532. The molecule has 10 heteroatoms. The molecular formula is C23H28N4O4S2. The van der Waals surface area contributed by atoms with E-state index < -0.39 is 15.9 Å². The molecule has 33 heavy (non-hydrogen) atoms. The normalized spacial score (nSPS) is 17.2. The number of anilines is 1. The number of hydrogen-bond donors (Lipinski definition) is 1. The number of rotatable bonds is 7. The van der Waals surface area contributed by atoms with Crippen LogP contribution in [0.2, 0.25) is 0 Å². The van der Waals surface area contributed by atoms with E-state index >= 15 is 0 Å². The Morgan fingerprint density at radius 3 is 2.85 bits per heavy atom. The van der Waals surface area contributed by atoms with Crippen LogP contribution >= 0.6 is 11.3 Å². The van der Waals surface area contributed by atoms with E-state index in [4.69, 9.17) is 4.52 Å². The summed E-state index contributed by atoms with van der Waals surface area (Å²) in [5, 5.41) is 8.70. The van der Waals surface area contributed by atoms with Crippen molar-refractivity contribution in [1.82, 2.24) is 14.4 Å². The maximum atomic E-state index is 13.3. The molecule has 1 atom stereocenters. The average Bonchev–Trinajstić information content (AvgIpc) is 3.50. The molecule has 2 aromatic heterocycles. The van der Waals surface area contributed by atoms with E-state index in [9.17, 15) is 13.2 Å². The third kappa shape index (κ3) is 4.87. The molecule has 3 heterocycles. The van der Waals surface area contributed by atoms with Crippen LogP contribution in [0.25, 0.3) is 11.4 Å². The third-order valence-corrected chi connectivity index (χ3v) is 9.22. The molecule has 1 unspecified atom stereocenters. The van der Waals surface area contributed by atoms with E-state index in [0.717, 1.165) is 34.6 Å². The molecule has 0 bridgehead atoms. The lowest BCUT2D eigenvalue weighted by molar-refractivity contribution is -0.120. The fourth-order valence-corrected chi connectivity index (χ4v) is 6.85. The predicted molar refractivity (Wildman–Crippen MR) is 128 cm³/mol. The van der Waals surface area contributed by atoms with Gasteiger partial charge in [0, 0.05) is 36.1 Å². The number of benzene rings is 1. The number of carbonyl (C=O) groups is 1. The Morgan fingerprint density at radius 2 is 2.12 bits per heavy atom. The molecule has 1 N–H and O–H groups in total. The van der Waals surface area contributed by atoms with Gasteiger partial charge in [-0.3, -0.25) is 4.79 Å². The van der Waals surface area contributed by atoms with Gasteiger partial charge < -0.3 is 9.84 Å². The molecule has 1 amide bonds. The number of para-hydroxylation sites is 1. The standard InChI is InChI=1S/C23H28N4O4S2/c1-4-16-9-6-8-15(3)21(16)25-23(28)17-10-7-11-27(13-17)33(29,30)20-12-18(14-32-20)22-24-19(5-2)31-26-22/h6,8-9,12,14,17H,4-5,7,10-11,13H2,1-3H3,(H,25,28). The molecule has 4 rings (SSSR count). The summed E-state index contributed by atoms with van der Waals surface area (Å²) in [5.74, 6) is 0.349. The predicted octanol–water partition coefficient (Wildman–Crippen LogP) is 4.27. The summed E-state index contributed by atoms with van der Waals surface area (Å²) in [7, 11) is -3.72. The van der Waals surface area contributed by atoms with Crippen molar-refractivity contribution in [1.29, 1.82) is 0 Å². The molecule has 1 fully saturated rings. The number of nitrogens with one attached hydrogen (secondary N) is 1. The smallest absolute Gasteiger partial charge is 0.252 e. The van der Waals surface area contributed by atoms with Gasteiger partial charge in [-0.25, -0.2) is 8.42 Å². The third-order valence-electron chi connectivity index (χ3n) is 5.94. The molecule has 0 saturated carbocycles. The second kappa shape index (κ2) is 9.74. The van der Waals surface area contributed by atoms with Gasteiger partial charge in [0.25, 0.3) is 10.0 Å². The van der Waals surface area contributed by atoms with E-state index in [0.29, 0.717) is 43.1 Å². The van der Waals surface area contributed by atoms with E-state index in [1.807, 2.05) is 39.0 Å². The summed E-state index contributed by atoms with van der Waals surface area (Å²) in [4.78, 5) is 17.3. The van der Waals surface area contributed by atoms with Crippen LogP contribution in [0.3, 0.4) is 0 Å². The highest BCUT2D eigenvalue weighted by Crippen LogP contribution is 2.32. The Labute approximate surface area is 198 Å². The van der Waals surface area contributed by atoms with Crippen LogP contribution in [0.4, 0.5) is 5.69 Å². The monoisotopic (exact) mass is 488 g/mol. The summed E-state index contributed by atoms with van der Waals surface area (Å²) >= 11 is 1.13. The van der Waals surface area contributed by atoms with Gasteiger partial charge in [0.2, 0.25) is 17.6 Å². The number of carbonyl (C=O) groups excluding carboxylic acids is 1. The van der Waals surface area contributed by atoms with Crippen molar-refractivity contribution in [3.8, 4) is 11.4 Å². The minimum absolute atomic E-state index is 0.135. The zero-order valence-electron chi connectivity index (χ0n) is 19.0. The lowest BCUT2D eigenvalue weighted by Gasteiger charge is -2.31. The first-order valence-electron chi connectivity index (χ1n) is 11.1. The minimum atomic E-state index is -3.72. The van der Waals surface area contributed by atoms with Crippen LogP contribution in [0, 0.1) is 12.8 Å². The van der Waals surface area contributed by atoms with Crippen LogP contribution < -0.4 is 5.32 Å². The largest absolute Gasteiger partial charge is 0.339 e. The van der Waals surface area contributed by atoms with Crippen LogP contribution in [-0.4, -0.2) is 41.9 Å². The van der Waals surface area contributed by atoms with E-state index in [1.54, 1.807) is 11.4 Å². The number of aryl methyl sites for hydroxylation is 3. The topological polar surface area (TPSA) is 105 Å². The number of sulfonamides is 1. The van der Waals surface area contributed by atoms with Crippen LogP contribution in [-0.2, 0) is 27.7 Å². The molecular weight excluding hydrogens is 460 g/mol. The Hall–Kier alpha value is -2.56. The van der Waals surface area contributed by atoms with Crippen LogP contribution in [0.15, 0.2) is 38.4 Å². The lowest BCUT2D eigenvalue weighted by Crippen LogP contribution is -2.43. The molecule has 176 valence electrons. The van der Waals surface area contributed by atoms with Gasteiger partial charge in [-0.2, -0.15) is 9.29 Å². The second-order valence-electron chi connectivity index (χ2n) is 8.17. The van der Waals surface area contributed by atoms with E-state index in [1.165, 1.54) is 4.31 Å². The first-order chi connectivity index (χ1) is 15.8. The Balaban J connectivity index is 1.49. The van der Waals surface area contributed by atoms with Gasteiger partial charge in [-0.1, -0.05) is 37.2 Å². The first kappa shape index (κ1) is 23.6. The highest BCUT2D eigenvalue weighted by Gasteiger charge is 2.34. The van der Waals surface area contributed by atoms with Gasteiger partial charge in [0.1, 0.15) is 4.21 Å². The fraction of sp³-hybridized carbons (Fsp3) is 0.435. The Morgan fingerprint density at radius 1 is 1.30 bits per heavy atom. The fourth-order valence-electron chi connectivity index (χ4n) is 4.01. The van der Waals surface area contributed by atoms with Gasteiger partial charge in [0.05, 0.1) is 5.92 Å². The highest BCUT2D eigenvalue weighted by atomic mass is 32.2. The Bertz CT molecular complexity index is 1250. The summed E-state index contributed by atoms with van der Waals surface area (Å²) in [5.41, 5.74) is 3.52. The zero-order valence-corrected chi connectivity index (χ0v) is 20.6. The summed E-state index contributed by atoms with van der Waals surface area (Å²) in [6.45, 7) is 6.48. The van der Waals surface area contributed by atoms with Crippen molar-refractivity contribution in [3.63, 3.8) is 0 Å². The molecule has 1 aliphatic heterocycles. The number of hydrogen-bond acceptors (Lipinski definition) is 7. The molecule has 0 aliphatic carbocycles. The SMILES string of the molecule is CCc1nc(-c2csc(S(=O)(=O)N3CCCC(C(=O)Nc4c(C)cccc4CC)C3)c2)no1. The number of nitrogens with zero attached hydrogens (tertiary/aromatic N) is 3. The van der Waals surface area contributed by atoms with Crippen molar-refractivity contribution in [2.45, 2.75) is 50.7 Å². The first-order valence-corrected chi connectivity index (χ1v) is 13.5. The average molecular weight is 489 g/mol. The molecule has 0 spiro atoms. The molecule has 0 radical (unpaired) electrons. The summed E-state index contributed by atoms with van der Waals surface area (Å²) in [6, 6.07) is 7.52. The molecule has 3 aromatic rings. The van der Waals surface area contributed by atoms with E-state index in [2.05, 4.69) is 15.5 Å². The van der Waals surface area contributed by atoms with Crippen molar-refractivity contribution < 1.29 is 17.7 Å². The van der Waals surface area contributed by atoms with Crippen molar-refractivity contribution in [2.24, 2.45) is 5.92 Å².